The van der Waals surface area contributed by atoms with Crippen molar-refractivity contribution < 1.29 is 22.7 Å². The number of carbonyl (C=O) groups is 1. The lowest BCUT2D eigenvalue weighted by atomic mass is 10.0. The SMILES string of the molecule is O=C1CC(c2cccc(OC(F)(F)F)c2)Sc2ccccc21. The topological polar surface area (TPSA) is 26.3 Å². The molecular formula is C16H11F3O2S. The largest absolute Gasteiger partial charge is 0.573 e. The van der Waals surface area contributed by atoms with E-state index in [1.54, 1.807) is 18.2 Å². The van der Waals surface area contributed by atoms with Crippen molar-refractivity contribution in [3.05, 3.63) is 59.7 Å². The Kier molecular flexibility index (Phi) is 3.87. The van der Waals surface area contributed by atoms with E-state index in [9.17, 15) is 18.0 Å². The van der Waals surface area contributed by atoms with Gasteiger partial charge >= 0.3 is 6.36 Å². The number of ether oxygens (including phenoxy) is 1. The molecule has 114 valence electrons. The van der Waals surface area contributed by atoms with Crippen LogP contribution in [0, 0.1) is 0 Å². The summed E-state index contributed by atoms with van der Waals surface area (Å²) >= 11 is 1.48. The van der Waals surface area contributed by atoms with Gasteiger partial charge in [0.1, 0.15) is 5.75 Å². The number of alkyl halides is 3. The van der Waals surface area contributed by atoms with Crippen molar-refractivity contribution in [1.82, 2.24) is 0 Å². The van der Waals surface area contributed by atoms with Crippen LogP contribution in [0.2, 0.25) is 0 Å². The standard InChI is InChI=1S/C16H11F3O2S/c17-16(18,19)21-11-5-3-4-10(8-11)15-9-13(20)12-6-1-2-7-14(12)22-15/h1-8,15H,9H2. The predicted molar refractivity (Wildman–Crippen MR) is 77.1 cm³/mol. The number of carbonyl (C=O) groups excluding carboxylic acids is 1. The van der Waals surface area contributed by atoms with Crippen molar-refractivity contribution in [2.75, 3.05) is 0 Å². The number of halogens is 3. The van der Waals surface area contributed by atoms with Gasteiger partial charge < -0.3 is 4.74 Å². The van der Waals surface area contributed by atoms with Crippen LogP contribution in [0.3, 0.4) is 0 Å². The van der Waals surface area contributed by atoms with Gasteiger partial charge in [0, 0.05) is 22.1 Å². The number of Topliss-reactive ketones (excluding diaryl/α,β-unsaturated/α-hetero) is 1. The van der Waals surface area contributed by atoms with Crippen LogP contribution in [-0.4, -0.2) is 12.1 Å². The van der Waals surface area contributed by atoms with Gasteiger partial charge in [-0.2, -0.15) is 0 Å². The molecule has 0 bridgehead atoms. The molecule has 2 aromatic carbocycles. The molecule has 3 rings (SSSR count). The molecule has 0 saturated carbocycles. The molecule has 0 amide bonds. The highest BCUT2D eigenvalue weighted by Gasteiger charge is 2.32. The highest BCUT2D eigenvalue weighted by atomic mass is 32.2. The van der Waals surface area contributed by atoms with Crippen LogP contribution >= 0.6 is 11.8 Å². The molecule has 0 radical (unpaired) electrons. The Bertz CT molecular complexity index is 713. The maximum atomic E-state index is 12.3. The minimum absolute atomic E-state index is 0.00138. The zero-order valence-electron chi connectivity index (χ0n) is 11.3. The van der Waals surface area contributed by atoms with Gasteiger partial charge in [-0.1, -0.05) is 30.3 Å². The van der Waals surface area contributed by atoms with E-state index in [1.165, 1.54) is 30.0 Å². The van der Waals surface area contributed by atoms with Crippen LogP contribution in [0.15, 0.2) is 53.4 Å². The summed E-state index contributed by atoms with van der Waals surface area (Å²) in [6.45, 7) is 0. The molecule has 2 nitrogen and oxygen atoms in total. The van der Waals surface area contributed by atoms with Gasteiger partial charge in [-0.25, -0.2) is 0 Å². The second kappa shape index (κ2) is 5.68. The Labute approximate surface area is 129 Å². The Balaban J connectivity index is 1.87. The summed E-state index contributed by atoms with van der Waals surface area (Å²) < 4.78 is 40.8. The van der Waals surface area contributed by atoms with E-state index in [4.69, 9.17) is 0 Å². The molecule has 1 atom stereocenters. The van der Waals surface area contributed by atoms with Crippen LogP contribution in [-0.2, 0) is 0 Å². The van der Waals surface area contributed by atoms with Crippen LogP contribution in [0.1, 0.15) is 27.6 Å². The van der Waals surface area contributed by atoms with Gasteiger partial charge in [0.05, 0.1) is 0 Å². The minimum Gasteiger partial charge on any atom is -0.406 e. The van der Waals surface area contributed by atoms with Gasteiger partial charge in [0.2, 0.25) is 0 Å². The van der Waals surface area contributed by atoms with E-state index < -0.39 is 6.36 Å². The molecular weight excluding hydrogens is 313 g/mol. The first-order valence-electron chi connectivity index (χ1n) is 6.57. The molecule has 0 aromatic heterocycles. The van der Waals surface area contributed by atoms with Crippen molar-refractivity contribution in [3.63, 3.8) is 0 Å². The van der Waals surface area contributed by atoms with Crippen LogP contribution in [0.5, 0.6) is 5.75 Å². The number of fused-ring (bicyclic) bond motifs is 1. The average molecular weight is 324 g/mol. The summed E-state index contributed by atoms with van der Waals surface area (Å²) in [5.41, 5.74) is 1.32. The van der Waals surface area contributed by atoms with E-state index in [0.29, 0.717) is 11.1 Å². The van der Waals surface area contributed by atoms with Crippen molar-refractivity contribution in [3.8, 4) is 5.75 Å². The Morgan fingerprint density at radius 2 is 1.86 bits per heavy atom. The molecule has 2 aromatic rings. The van der Waals surface area contributed by atoms with Crippen molar-refractivity contribution >= 4 is 17.5 Å². The summed E-state index contributed by atoms with van der Waals surface area (Å²) in [6.07, 6.45) is -4.46. The molecule has 1 heterocycles. The van der Waals surface area contributed by atoms with E-state index in [1.807, 2.05) is 12.1 Å². The van der Waals surface area contributed by atoms with Crippen molar-refractivity contribution in [2.45, 2.75) is 22.9 Å². The summed E-state index contributed by atoms with van der Waals surface area (Å²) in [5, 5.41) is -0.209. The van der Waals surface area contributed by atoms with Crippen molar-refractivity contribution in [2.24, 2.45) is 0 Å². The third-order valence-electron chi connectivity index (χ3n) is 3.29. The lowest BCUT2D eigenvalue weighted by Gasteiger charge is -2.23. The van der Waals surface area contributed by atoms with Gasteiger partial charge in [0.15, 0.2) is 5.78 Å². The average Bonchev–Trinajstić information content (AvgIpc) is 2.46. The van der Waals surface area contributed by atoms with E-state index in [0.717, 1.165) is 4.90 Å². The summed E-state index contributed by atoms with van der Waals surface area (Å²) in [4.78, 5) is 13.0. The van der Waals surface area contributed by atoms with Gasteiger partial charge in [-0.3, -0.25) is 4.79 Å². The zero-order chi connectivity index (χ0) is 15.7. The number of ketones is 1. The predicted octanol–water partition coefficient (Wildman–Crippen LogP) is 5.01. The number of thioether (sulfide) groups is 1. The summed E-state index contributed by atoms with van der Waals surface area (Å²) in [5.74, 6) is -0.265. The van der Waals surface area contributed by atoms with Crippen LogP contribution < -0.4 is 4.74 Å². The molecule has 1 aliphatic rings. The number of benzene rings is 2. The highest BCUT2D eigenvalue weighted by molar-refractivity contribution is 7.99. The van der Waals surface area contributed by atoms with Crippen molar-refractivity contribution in [1.29, 1.82) is 0 Å². The zero-order valence-corrected chi connectivity index (χ0v) is 12.1. The van der Waals surface area contributed by atoms with E-state index >= 15 is 0 Å². The number of rotatable bonds is 2. The molecule has 6 heteroatoms. The Morgan fingerprint density at radius 3 is 2.64 bits per heavy atom. The summed E-state index contributed by atoms with van der Waals surface area (Å²) in [7, 11) is 0. The molecule has 0 N–H and O–H groups in total. The molecule has 0 saturated heterocycles. The fourth-order valence-corrected chi connectivity index (χ4v) is 3.66. The molecule has 0 fully saturated rings. The first-order valence-corrected chi connectivity index (χ1v) is 7.45. The second-order valence-corrected chi connectivity index (χ2v) is 6.09. The second-order valence-electron chi connectivity index (χ2n) is 4.85. The molecule has 1 aliphatic heterocycles. The van der Waals surface area contributed by atoms with Gasteiger partial charge in [-0.15, -0.1) is 24.9 Å². The highest BCUT2D eigenvalue weighted by Crippen LogP contribution is 2.45. The maximum absolute atomic E-state index is 12.3. The number of hydrogen-bond donors (Lipinski definition) is 0. The molecule has 22 heavy (non-hydrogen) atoms. The maximum Gasteiger partial charge on any atom is 0.573 e. The third kappa shape index (κ3) is 3.27. The van der Waals surface area contributed by atoms with E-state index in [-0.39, 0.29) is 23.2 Å². The van der Waals surface area contributed by atoms with Crippen LogP contribution in [0.25, 0.3) is 0 Å². The first kappa shape index (κ1) is 15.0. The van der Waals surface area contributed by atoms with Gasteiger partial charge in [-0.05, 0) is 23.8 Å². The quantitative estimate of drug-likeness (QED) is 0.777. The molecule has 0 aliphatic carbocycles. The Morgan fingerprint density at radius 1 is 1.09 bits per heavy atom. The smallest absolute Gasteiger partial charge is 0.406 e. The number of hydrogen-bond acceptors (Lipinski definition) is 3. The lowest BCUT2D eigenvalue weighted by Crippen LogP contribution is -2.17. The Hall–Kier alpha value is -1.95. The normalized spacial score (nSPS) is 18.0. The van der Waals surface area contributed by atoms with Gasteiger partial charge in [0.25, 0.3) is 0 Å². The first-order chi connectivity index (χ1) is 10.4. The van der Waals surface area contributed by atoms with Crippen LogP contribution in [0.4, 0.5) is 13.2 Å². The fourth-order valence-electron chi connectivity index (χ4n) is 2.37. The molecule has 0 spiro atoms. The third-order valence-corrected chi connectivity index (χ3v) is 4.62. The summed E-state index contributed by atoms with van der Waals surface area (Å²) in [6, 6.07) is 13.1. The molecule has 1 unspecified atom stereocenters. The monoisotopic (exact) mass is 324 g/mol. The lowest BCUT2D eigenvalue weighted by molar-refractivity contribution is -0.274. The van der Waals surface area contributed by atoms with E-state index in [2.05, 4.69) is 4.74 Å². The fraction of sp³-hybridized carbons (Fsp3) is 0.188. The minimum atomic E-state index is -4.72.